The zero-order valence-corrected chi connectivity index (χ0v) is 13.5. The molecule has 2 aromatic carbocycles. The van der Waals surface area contributed by atoms with Crippen molar-refractivity contribution in [2.45, 2.75) is 6.92 Å². The predicted octanol–water partition coefficient (Wildman–Crippen LogP) is 4.62. The number of carbonyl (C=O) groups is 1. The molecule has 0 saturated carbocycles. The van der Waals surface area contributed by atoms with Crippen molar-refractivity contribution in [3.63, 3.8) is 0 Å². The number of nitrogens with one attached hydrogen (secondary N) is 1. The summed E-state index contributed by atoms with van der Waals surface area (Å²) in [7, 11) is 0. The Morgan fingerprint density at radius 2 is 1.80 bits per heavy atom. The van der Waals surface area contributed by atoms with Gasteiger partial charge in [0, 0.05) is 15.0 Å². The highest BCUT2D eigenvalue weighted by Crippen LogP contribution is 2.33. The topological polar surface area (TPSA) is 49.3 Å². The number of phenols is 1. The second-order valence-corrected chi connectivity index (χ2v) is 5.93. The summed E-state index contributed by atoms with van der Waals surface area (Å²) in [5.74, 6) is -1.52. The average molecular weight is 403 g/mol. The van der Waals surface area contributed by atoms with E-state index in [1.807, 2.05) is 19.1 Å². The molecule has 0 saturated heterocycles. The van der Waals surface area contributed by atoms with E-state index in [1.165, 1.54) is 6.07 Å². The highest BCUT2D eigenvalue weighted by molar-refractivity contribution is 9.11. The molecule has 0 aromatic heterocycles. The third kappa shape index (κ3) is 3.19. The zero-order chi connectivity index (χ0) is 14.9. The lowest BCUT2D eigenvalue weighted by atomic mass is 10.1. The fraction of sp³-hybridized carbons (Fsp3) is 0.0714. The first-order valence-corrected chi connectivity index (χ1v) is 7.22. The maximum absolute atomic E-state index is 12.9. The Kier molecular flexibility index (Phi) is 4.45. The minimum Gasteiger partial charge on any atom is -0.507 e. The molecular weight excluding hydrogens is 393 g/mol. The van der Waals surface area contributed by atoms with E-state index in [1.54, 1.807) is 0 Å². The molecule has 104 valence electrons. The quantitative estimate of drug-likeness (QED) is 0.770. The highest BCUT2D eigenvalue weighted by atomic mass is 79.9. The first-order valence-electron chi connectivity index (χ1n) is 5.64. The van der Waals surface area contributed by atoms with E-state index in [9.17, 15) is 14.3 Å². The van der Waals surface area contributed by atoms with E-state index in [0.717, 1.165) is 17.7 Å². The van der Waals surface area contributed by atoms with Gasteiger partial charge in [-0.3, -0.25) is 4.79 Å². The zero-order valence-electron chi connectivity index (χ0n) is 10.4. The summed E-state index contributed by atoms with van der Waals surface area (Å²) >= 11 is 6.72. The fourth-order valence-electron chi connectivity index (χ4n) is 1.70. The molecule has 0 bridgehead atoms. The van der Waals surface area contributed by atoms with Gasteiger partial charge in [-0.05, 0) is 68.6 Å². The Labute approximate surface area is 132 Å². The van der Waals surface area contributed by atoms with Crippen LogP contribution in [0.15, 0.2) is 39.3 Å². The first-order chi connectivity index (χ1) is 9.38. The molecule has 3 nitrogen and oxygen atoms in total. The van der Waals surface area contributed by atoms with Gasteiger partial charge in [0.15, 0.2) is 0 Å². The van der Waals surface area contributed by atoms with Gasteiger partial charge < -0.3 is 10.4 Å². The van der Waals surface area contributed by atoms with Crippen molar-refractivity contribution in [3.05, 3.63) is 56.2 Å². The summed E-state index contributed by atoms with van der Waals surface area (Å²) in [4.78, 5) is 12.1. The number of aromatic hydroxyl groups is 1. The largest absolute Gasteiger partial charge is 0.507 e. The molecule has 0 unspecified atom stereocenters. The number of carbonyl (C=O) groups excluding carboxylic acids is 1. The lowest BCUT2D eigenvalue weighted by Crippen LogP contribution is -2.13. The van der Waals surface area contributed by atoms with Crippen LogP contribution in [-0.4, -0.2) is 11.0 Å². The lowest BCUT2D eigenvalue weighted by molar-refractivity contribution is 0.102. The molecule has 0 aliphatic heterocycles. The van der Waals surface area contributed by atoms with E-state index in [2.05, 4.69) is 37.2 Å². The third-order valence-corrected chi connectivity index (χ3v) is 3.88. The van der Waals surface area contributed by atoms with Crippen LogP contribution >= 0.6 is 31.9 Å². The van der Waals surface area contributed by atoms with Crippen LogP contribution in [0.1, 0.15) is 15.9 Å². The molecule has 0 radical (unpaired) electrons. The minimum absolute atomic E-state index is 0.00535. The van der Waals surface area contributed by atoms with Crippen LogP contribution in [0.5, 0.6) is 5.75 Å². The van der Waals surface area contributed by atoms with E-state index >= 15 is 0 Å². The van der Waals surface area contributed by atoms with Gasteiger partial charge in [0.05, 0.1) is 11.3 Å². The number of phenolic OH excluding ortho intramolecular Hbond substituents is 1. The van der Waals surface area contributed by atoms with Gasteiger partial charge in [-0.2, -0.15) is 0 Å². The fourth-order valence-corrected chi connectivity index (χ4v) is 3.31. The molecular formula is C14H10Br2FNO2. The number of benzene rings is 2. The van der Waals surface area contributed by atoms with Crippen LogP contribution in [0.25, 0.3) is 0 Å². The van der Waals surface area contributed by atoms with E-state index in [0.29, 0.717) is 14.6 Å². The van der Waals surface area contributed by atoms with Crippen LogP contribution in [0.2, 0.25) is 0 Å². The minimum atomic E-state index is -0.600. The summed E-state index contributed by atoms with van der Waals surface area (Å²) in [6, 6.07) is 6.95. The van der Waals surface area contributed by atoms with Crippen molar-refractivity contribution in [2.24, 2.45) is 0 Å². The molecule has 1 amide bonds. The van der Waals surface area contributed by atoms with Crippen molar-refractivity contribution in [1.82, 2.24) is 0 Å². The van der Waals surface area contributed by atoms with E-state index < -0.39 is 17.5 Å². The standard InChI is InChI=1S/C14H10Br2FNO2/c1-7-4-10(15)13(11(16)5-7)18-14(20)9-3-2-8(17)6-12(9)19/h2-6,19H,1H3,(H,18,20). The predicted molar refractivity (Wildman–Crippen MR) is 82.6 cm³/mol. The van der Waals surface area contributed by atoms with Crippen molar-refractivity contribution in [2.75, 3.05) is 5.32 Å². The van der Waals surface area contributed by atoms with Crippen LogP contribution in [0.3, 0.4) is 0 Å². The Bertz CT molecular complexity index is 666. The second kappa shape index (κ2) is 5.93. The van der Waals surface area contributed by atoms with Gasteiger partial charge in [0.25, 0.3) is 5.91 Å². The number of rotatable bonds is 2. The number of halogens is 3. The van der Waals surface area contributed by atoms with Gasteiger partial charge in [0.2, 0.25) is 0 Å². The number of hydrogen-bond donors (Lipinski definition) is 2. The van der Waals surface area contributed by atoms with Gasteiger partial charge in [-0.15, -0.1) is 0 Å². The summed E-state index contributed by atoms with van der Waals surface area (Å²) in [6.45, 7) is 1.92. The van der Waals surface area contributed by atoms with Gasteiger partial charge in [0.1, 0.15) is 11.6 Å². The molecule has 0 fully saturated rings. The van der Waals surface area contributed by atoms with Crippen molar-refractivity contribution in [3.8, 4) is 5.75 Å². The molecule has 0 spiro atoms. The Morgan fingerprint density at radius 3 is 2.35 bits per heavy atom. The summed E-state index contributed by atoms with van der Waals surface area (Å²) in [6.07, 6.45) is 0. The van der Waals surface area contributed by atoms with Crippen LogP contribution in [0.4, 0.5) is 10.1 Å². The monoisotopic (exact) mass is 401 g/mol. The summed E-state index contributed by atoms with van der Waals surface area (Å²) in [5.41, 5.74) is 1.57. The third-order valence-electron chi connectivity index (χ3n) is 2.63. The number of amides is 1. The van der Waals surface area contributed by atoms with Crippen LogP contribution < -0.4 is 5.32 Å². The maximum Gasteiger partial charge on any atom is 0.259 e. The molecule has 0 aliphatic rings. The SMILES string of the molecule is Cc1cc(Br)c(NC(=O)c2ccc(F)cc2O)c(Br)c1. The van der Waals surface area contributed by atoms with Crippen molar-refractivity contribution < 1.29 is 14.3 Å². The molecule has 2 N–H and O–H groups in total. The van der Waals surface area contributed by atoms with E-state index in [4.69, 9.17) is 0 Å². The Morgan fingerprint density at radius 1 is 1.20 bits per heavy atom. The molecule has 0 heterocycles. The first kappa shape index (κ1) is 15.0. The highest BCUT2D eigenvalue weighted by Gasteiger charge is 2.15. The Hall–Kier alpha value is -1.40. The summed E-state index contributed by atoms with van der Waals surface area (Å²) < 4.78 is 14.3. The van der Waals surface area contributed by atoms with E-state index in [-0.39, 0.29) is 5.56 Å². The average Bonchev–Trinajstić information content (AvgIpc) is 2.33. The van der Waals surface area contributed by atoms with Gasteiger partial charge in [-0.25, -0.2) is 4.39 Å². The van der Waals surface area contributed by atoms with Crippen molar-refractivity contribution in [1.29, 1.82) is 0 Å². The van der Waals surface area contributed by atoms with Crippen LogP contribution in [-0.2, 0) is 0 Å². The smallest absolute Gasteiger partial charge is 0.259 e. The molecule has 2 aromatic rings. The summed E-state index contributed by atoms with van der Waals surface area (Å²) in [5, 5.41) is 12.3. The molecule has 0 aliphatic carbocycles. The van der Waals surface area contributed by atoms with Gasteiger partial charge >= 0.3 is 0 Å². The second-order valence-electron chi connectivity index (χ2n) is 4.22. The molecule has 6 heteroatoms. The molecule has 0 atom stereocenters. The number of aryl methyl sites for hydroxylation is 1. The molecule has 20 heavy (non-hydrogen) atoms. The lowest BCUT2D eigenvalue weighted by Gasteiger charge is -2.11. The normalized spacial score (nSPS) is 10.4. The van der Waals surface area contributed by atoms with Crippen LogP contribution in [0, 0.1) is 12.7 Å². The Balaban J connectivity index is 2.33. The molecule has 2 rings (SSSR count). The van der Waals surface area contributed by atoms with Crippen molar-refractivity contribution >= 4 is 43.5 Å². The van der Waals surface area contributed by atoms with Gasteiger partial charge in [-0.1, -0.05) is 0 Å². The number of hydrogen-bond acceptors (Lipinski definition) is 2. The maximum atomic E-state index is 12.9. The number of anilines is 1.